The summed E-state index contributed by atoms with van der Waals surface area (Å²) in [6.07, 6.45) is 3.71. The van der Waals surface area contributed by atoms with Crippen LogP contribution in [0.3, 0.4) is 0 Å². The van der Waals surface area contributed by atoms with Crippen LogP contribution in [0.4, 0.5) is 0 Å². The van der Waals surface area contributed by atoms with E-state index in [1.165, 1.54) is 16.7 Å². The van der Waals surface area contributed by atoms with Crippen LogP contribution in [0.25, 0.3) is 5.70 Å². The summed E-state index contributed by atoms with van der Waals surface area (Å²) in [6, 6.07) is 8.46. The van der Waals surface area contributed by atoms with Crippen LogP contribution < -0.4 is 5.32 Å². The maximum atomic E-state index is 4.28. The highest BCUT2D eigenvalue weighted by Gasteiger charge is 2.17. The van der Waals surface area contributed by atoms with E-state index in [0.29, 0.717) is 0 Å². The Morgan fingerprint density at radius 3 is 2.44 bits per heavy atom. The van der Waals surface area contributed by atoms with Gasteiger partial charge in [-0.05, 0) is 32.4 Å². The second-order valence-corrected chi connectivity index (χ2v) is 4.62. The van der Waals surface area contributed by atoms with Gasteiger partial charge in [-0.2, -0.15) is 0 Å². The minimum absolute atomic E-state index is 0.876. The Morgan fingerprint density at radius 1 is 1.22 bits per heavy atom. The Labute approximate surface area is 108 Å². The molecule has 0 bridgehead atoms. The van der Waals surface area contributed by atoms with Gasteiger partial charge in [-0.25, -0.2) is 4.99 Å². The van der Waals surface area contributed by atoms with Crippen LogP contribution in [0.15, 0.2) is 59.3 Å². The van der Waals surface area contributed by atoms with Crippen molar-refractivity contribution in [2.45, 2.75) is 20.8 Å². The average molecular weight is 238 g/mol. The maximum Gasteiger partial charge on any atom is 0.137 e. The molecule has 1 aromatic carbocycles. The number of benzene rings is 1. The number of nitrogens with zero attached hydrogens (tertiary/aromatic N) is 1. The molecular formula is C16H18N2. The minimum Gasteiger partial charge on any atom is -0.339 e. The molecule has 2 heteroatoms. The lowest BCUT2D eigenvalue weighted by molar-refractivity contribution is 1.28. The number of hydrogen-bond donors (Lipinski definition) is 1. The smallest absolute Gasteiger partial charge is 0.137 e. The second-order valence-electron chi connectivity index (χ2n) is 4.62. The van der Waals surface area contributed by atoms with E-state index in [1.54, 1.807) is 6.20 Å². The Bertz CT molecular complexity index is 553. The van der Waals surface area contributed by atoms with E-state index >= 15 is 0 Å². The molecule has 0 aromatic heterocycles. The number of nitrogens with one attached hydrogen (secondary N) is 1. The molecule has 2 rings (SSSR count). The van der Waals surface area contributed by atoms with Gasteiger partial charge in [0.2, 0.25) is 0 Å². The first-order chi connectivity index (χ1) is 8.61. The van der Waals surface area contributed by atoms with E-state index in [2.05, 4.69) is 68.0 Å². The molecule has 1 aliphatic rings. The lowest BCUT2D eigenvalue weighted by Gasteiger charge is -2.05. The van der Waals surface area contributed by atoms with Crippen LogP contribution in [0, 0.1) is 6.92 Å². The normalized spacial score (nSPS) is 16.5. The third-order valence-electron chi connectivity index (χ3n) is 2.92. The number of aliphatic imine (C=N–C) groups is 1. The van der Waals surface area contributed by atoms with Crippen LogP contribution in [-0.2, 0) is 0 Å². The van der Waals surface area contributed by atoms with Gasteiger partial charge in [-0.3, -0.25) is 0 Å². The Hall–Kier alpha value is -2.09. The number of aryl methyl sites for hydroxylation is 1. The Kier molecular flexibility index (Phi) is 3.47. The van der Waals surface area contributed by atoms with Gasteiger partial charge in [0.1, 0.15) is 5.84 Å². The van der Waals surface area contributed by atoms with Gasteiger partial charge in [0.25, 0.3) is 0 Å². The SMILES string of the molecule is C=CN=C1NC(c2ccc(C)cc2)=CC1=C(C)C. The van der Waals surface area contributed by atoms with Gasteiger partial charge in [0.15, 0.2) is 0 Å². The van der Waals surface area contributed by atoms with Crippen molar-refractivity contribution < 1.29 is 0 Å². The molecule has 0 aliphatic carbocycles. The van der Waals surface area contributed by atoms with Crippen LogP contribution in [0.2, 0.25) is 0 Å². The molecule has 0 saturated carbocycles. The van der Waals surface area contributed by atoms with Gasteiger partial charge in [0.05, 0.1) is 0 Å². The fraction of sp³-hybridized carbons (Fsp3) is 0.188. The largest absolute Gasteiger partial charge is 0.339 e. The minimum atomic E-state index is 0.876. The summed E-state index contributed by atoms with van der Waals surface area (Å²) in [5.41, 5.74) is 5.91. The predicted octanol–water partition coefficient (Wildman–Crippen LogP) is 3.82. The van der Waals surface area contributed by atoms with Crippen LogP contribution >= 0.6 is 0 Å². The first-order valence-electron chi connectivity index (χ1n) is 6.04. The molecule has 0 unspecified atom stereocenters. The van der Waals surface area contributed by atoms with E-state index in [9.17, 15) is 0 Å². The topological polar surface area (TPSA) is 24.4 Å². The van der Waals surface area contributed by atoms with Crippen molar-refractivity contribution in [2.75, 3.05) is 0 Å². The fourth-order valence-electron chi connectivity index (χ4n) is 1.91. The van der Waals surface area contributed by atoms with E-state index in [1.807, 2.05) is 0 Å². The van der Waals surface area contributed by atoms with Crippen molar-refractivity contribution in [3.8, 4) is 0 Å². The lowest BCUT2D eigenvalue weighted by Crippen LogP contribution is -2.16. The first-order valence-corrected chi connectivity index (χ1v) is 6.04. The van der Waals surface area contributed by atoms with Crippen LogP contribution in [-0.4, -0.2) is 5.84 Å². The molecule has 92 valence electrons. The fourth-order valence-corrected chi connectivity index (χ4v) is 1.91. The van der Waals surface area contributed by atoms with E-state index in [-0.39, 0.29) is 0 Å². The molecule has 0 radical (unpaired) electrons. The zero-order chi connectivity index (χ0) is 13.1. The van der Waals surface area contributed by atoms with Crippen LogP contribution in [0.1, 0.15) is 25.0 Å². The summed E-state index contributed by atoms with van der Waals surface area (Å²) >= 11 is 0. The maximum absolute atomic E-state index is 4.28. The van der Waals surface area contributed by atoms with Crippen LogP contribution in [0.5, 0.6) is 0 Å². The number of allylic oxidation sites excluding steroid dienone is 1. The molecule has 1 aromatic rings. The molecule has 0 saturated heterocycles. The second kappa shape index (κ2) is 5.05. The standard InChI is InChI=1S/C16H18N2/c1-5-17-16-14(11(2)3)10-15(18-16)13-8-6-12(4)7-9-13/h5-10H,1H2,2-4H3,(H,17,18). The summed E-state index contributed by atoms with van der Waals surface area (Å²) in [7, 11) is 0. The van der Waals surface area contributed by atoms with Crippen molar-refractivity contribution in [1.29, 1.82) is 0 Å². The third kappa shape index (κ3) is 2.43. The molecule has 1 aliphatic heterocycles. The van der Waals surface area contributed by atoms with Gasteiger partial charge in [-0.1, -0.05) is 42.0 Å². The molecule has 2 nitrogen and oxygen atoms in total. The molecular weight excluding hydrogens is 220 g/mol. The number of hydrogen-bond acceptors (Lipinski definition) is 1. The van der Waals surface area contributed by atoms with E-state index in [4.69, 9.17) is 0 Å². The molecule has 18 heavy (non-hydrogen) atoms. The summed E-state index contributed by atoms with van der Waals surface area (Å²) < 4.78 is 0. The van der Waals surface area contributed by atoms with Crippen molar-refractivity contribution in [2.24, 2.45) is 4.99 Å². The van der Waals surface area contributed by atoms with Crippen molar-refractivity contribution in [1.82, 2.24) is 5.32 Å². The summed E-state index contributed by atoms with van der Waals surface area (Å²) in [4.78, 5) is 4.28. The molecule has 1 N–H and O–H groups in total. The van der Waals surface area contributed by atoms with E-state index in [0.717, 1.165) is 17.1 Å². The van der Waals surface area contributed by atoms with Gasteiger partial charge in [-0.15, -0.1) is 0 Å². The highest BCUT2D eigenvalue weighted by atomic mass is 15.0. The summed E-state index contributed by atoms with van der Waals surface area (Å²) in [5, 5.41) is 3.34. The number of amidine groups is 1. The first kappa shape index (κ1) is 12.4. The summed E-state index contributed by atoms with van der Waals surface area (Å²) in [6.45, 7) is 9.92. The molecule has 0 spiro atoms. The molecule has 0 atom stereocenters. The molecule has 1 heterocycles. The van der Waals surface area contributed by atoms with Crippen molar-refractivity contribution in [3.05, 3.63) is 65.4 Å². The molecule has 0 amide bonds. The Morgan fingerprint density at radius 2 is 1.89 bits per heavy atom. The van der Waals surface area contributed by atoms with Crippen molar-refractivity contribution >= 4 is 11.5 Å². The zero-order valence-corrected chi connectivity index (χ0v) is 11.1. The van der Waals surface area contributed by atoms with E-state index < -0.39 is 0 Å². The van der Waals surface area contributed by atoms with Gasteiger partial charge in [0, 0.05) is 17.5 Å². The monoisotopic (exact) mass is 238 g/mol. The molecule has 0 fully saturated rings. The Balaban J connectivity index is 2.40. The highest BCUT2D eigenvalue weighted by molar-refractivity contribution is 6.11. The summed E-state index contributed by atoms with van der Waals surface area (Å²) in [5.74, 6) is 0.876. The third-order valence-corrected chi connectivity index (χ3v) is 2.92. The zero-order valence-electron chi connectivity index (χ0n) is 11.1. The van der Waals surface area contributed by atoms with Crippen molar-refractivity contribution in [3.63, 3.8) is 0 Å². The van der Waals surface area contributed by atoms with Gasteiger partial charge >= 0.3 is 0 Å². The van der Waals surface area contributed by atoms with Gasteiger partial charge < -0.3 is 5.32 Å². The predicted molar refractivity (Wildman–Crippen MR) is 78.3 cm³/mol. The lowest BCUT2D eigenvalue weighted by atomic mass is 10.1. The number of rotatable bonds is 2. The average Bonchev–Trinajstić information content (AvgIpc) is 2.75. The quantitative estimate of drug-likeness (QED) is 0.832. The highest BCUT2D eigenvalue weighted by Crippen LogP contribution is 2.23.